The monoisotopic (exact) mass is 260 g/mol. The van der Waals surface area contributed by atoms with E-state index in [2.05, 4.69) is 0 Å². The molecule has 2 rings (SSSR count). The summed E-state index contributed by atoms with van der Waals surface area (Å²) in [5.41, 5.74) is 0. The lowest BCUT2D eigenvalue weighted by atomic mass is 10.0. The van der Waals surface area contributed by atoms with Crippen molar-refractivity contribution >= 4 is 22.9 Å². The summed E-state index contributed by atoms with van der Waals surface area (Å²) in [5.74, 6) is -0.0821. The molecule has 2 fully saturated rings. The summed E-state index contributed by atoms with van der Waals surface area (Å²) >= 11 is 0.973. The molecule has 0 bridgehead atoms. The molecule has 96 valence electrons. The van der Waals surface area contributed by atoms with Gasteiger partial charge in [0, 0.05) is 19.1 Å². The second-order valence-corrected chi connectivity index (χ2v) is 5.71. The second kappa shape index (κ2) is 4.94. The van der Waals surface area contributed by atoms with Gasteiger partial charge in [-0.1, -0.05) is 11.8 Å². The van der Waals surface area contributed by atoms with Gasteiger partial charge in [0.05, 0.1) is 11.8 Å². The molecule has 2 amide bonds. The van der Waals surface area contributed by atoms with Gasteiger partial charge in [-0.2, -0.15) is 0 Å². The van der Waals surface area contributed by atoms with Crippen LogP contribution in [0.15, 0.2) is 0 Å². The highest BCUT2D eigenvalue weighted by Gasteiger charge is 2.42. The van der Waals surface area contributed by atoms with E-state index in [-0.39, 0.29) is 16.9 Å². The maximum atomic E-state index is 14.1. The highest BCUT2D eigenvalue weighted by molar-refractivity contribution is 8.14. The molecule has 17 heavy (non-hydrogen) atoms. The van der Waals surface area contributed by atoms with Crippen LogP contribution in [0.25, 0.3) is 0 Å². The quantitative estimate of drug-likeness (QED) is 0.754. The maximum Gasteiger partial charge on any atom is 0.289 e. The largest absolute Gasteiger partial charge is 0.298 e. The fraction of sp³-hybridized carbons (Fsp3) is 0.818. The lowest BCUT2D eigenvalue weighted by Gasteiger charge is -2.39. The molecular formula is C11H17FN2O2S. The van der Waals surface area contributed by atoms with Crippen molar-refractivity contribution in [3.63, 3.8) is 0 Å². The SMILES string of the molecule is CC(C)N1CC[C@@H](N2C(=O)CSC2=O)[C@H](F)C1. The van der Waals surface area contributed by atoms with Gasteiger partial charge in [-0.05, 0) is 20.3 Å². The molecule has 2 atom stereocenters. The number of halogens is 1. The van der Waals surface area contributed by atoms with Crippen LogP contribution in [0.4, 0.5) is 9.18 Å². The number of likely N-dealkylation sites (tertiary alicyclic amines) is 1. The van der Waals surface area contributed by atoms with E-state index >= 15 is 0 Å². The number of thioether (sulfide) groups is 1. The van der Waals surface area contributed by atoms with Gasteiger partial charge in [0.15, 0.2) is 0 Å². The lowest BCUT2D eigenvalue weighted by Crippen LogP contribution is -2.55. The van der Waals surface area contributed by atoms with Gasteiger partial charge < -0.3 is 0 Å². The van der Waals surface area contributed by atoms with Crippen molar-refractivity contribution < 1.29 is 14.0 Å². The first-order valence-electron chi connectivity index (χ1n) is 5.87. The van der Waals surface area contributed by atoms with Crippen molar-refractivity contribution in [2.45, 2.75) is 38.5 Å². The zero-order valence-electron chi connectivity index (χ0n) is 10.1. The number of piperidine rings is 1. The molecular weight excluding hydrogens is 243 g/mol. The second-order valence-electron chi connectivity index (χ2n) is 4.78. The number of amides is 2. The Bertz CT molecular complexity index is 321. The summed E-state index contributed by atoms with van der Waals surface area (Å²) in [6.45, 7) is 5.10. The molecule has 6 heteroatoms. The molecule has 0 radical (unpaired) electrons. The molecule has 2 heterocycles. The van der Waals surface area contributed by atoms with Gasteiger partial charge in [-0.15, -0.1) is 0 Å². The molecule has 0 aliphatic carbocycles. The van der Waals surface area contributed by atoms with Crippen LogP contribution < -0.4 is 0 Å². The van der Waals surface area contributed by atoms with Gasteiger partial charge in [0.2, 0.25) is 5.91 Å². The molecule has 0 spiro atoms. The topological polar surface area (TPSA) is 40.6 Å². The number of carbonyl (C=O) groups excluding carboxylic acids is 2. The molecule has 2 aliphatic heterocycles. The minimum absolute atomic E-state index is 0.163. The third kappa shape index (κ3) is 2.47. The number of hydrogen-bond donors (Lipinski definition) is 0. The van der Waals surface area contributed by atoms with Gasteiger partial charge in [-0.25, -0.2) is 4.39 Å². The first-order valence-corrected chi connectivity index (χ1v) is 6.86. The molecule has 0 aromatic rings. The molecule has 2 saturated heterocycles. The minimum atomic E-state index is -1.13. The van der Waals surface area contributed by atoms with Gasteiger partial charge in [0.1, 0.15) is 6.17 Å². The van der Waals surface area contributed by atoms with Gasteiger partial charge in [0.25, 0.3) is 5.24 Å². The van der Waals surface area contributed by atoms with Crippen molar-refractivity contribution in [2.24, 2.45) is 0 Å². The number of alkyl halides is 1. The fourth-order valence-electron chi connectivity index (χ4n) is 2.36. The fourth-order valence-corrected chi connectivity index (χ4v) is 3.12. The average Bonchev–Trinajstić information content (AvgIpc) is 2.59. The first-order chi connectivity index (χ1) is 8.00. The zero-order chi connectivity index (χ0) is 12.6. The predicted molar refractivity (Wildman–Crippen MR) is 64.7 cm³/mol. The summed E-state index contributed by atoms with van der Waals surface area (Å²) in [6, 6.07) is -0.256. The Morgan fingerprint density at radius 1 is 1.41 bits per heavy atom. The number of imide groups is 1. The van der Waals surface area contributed by atoms with Crippen LogP contribution in [0.2, 0.25) is 0 Å². The van der Waals surface area contributed by atoms with Crippen LogP contribution in [-0.2, 0) is 4.79 Å². The molecule has 0 unspecified atom stereocenters. The molecule has 2 aliphatic rings. The summed E-state index contributed by atoms with van der Waals surface area (Å²) in [4.78, 5) is 26.3. The summed E-state index contributed by atoms with van der Waals surface area (Å²) in [5, 5.41) is -0.291. The smallest absolute Gasteiger partial charge is 0.289 e. The van der Waals surface area contributed by atoms with E-state index in [1.54, 1.807) is 0 Å². The van der Waals surface area contributed by atoms with Crippen molar-refractivity contribution in [2.75, 3.05) is 18.8 Å². The minimum Gasteiger partial charge on any atom is -0.298 e. The Labute approximate surface area is 105 Å². The van der Waals surface area contributed by atoms with Gasteiger partial charge in [-0.3, -0.25) is 19.4 Å². The summed E-state index contributed by atoms with van der Waals surface area (Å²) in [6.07, 6.45) is -0.588. The van der Waals surface area contributed by atoms with Crippen molar-refractivity contribution in [1.82, 2.24) is 9.80 Å². The number of nitrogens with zero attached hydrogens (tertiary/aromatic N) is 2. The van der Waals surface area contributed by atoms with E-state index in [9.17, 15) is 14.0 Å². The molecule has 0 saturated carbocycles. The highest BCUT2D eigenvalue weighted by Crippen LogP contribution is 2.28. The van der Waals surface area contributed by atoms with Crippen LogP contribution in [0, 0.1) is 0 Å². The van der Waals surface area contributed by atoms with Crippen LogP contribution in [0.3, 0.4) is 0 Å². The van der Waals surface area contributed by atoms with E-state index in [0.29, 0.717) is 19.0 Å². The first kappa shape index (κ1) is 12.8. The Morgan fingerprint density at radius 3 is 2.59 bits per heavy atom. The third-order valence-electron chi connectivity index (χ3n) is 3.38. The standard InChI is InChI=1S/C11H17FN2O2S/c1-7(2)13-4-3-9(8(12)5-13)14-10(15)6-17-11(14)16/h7-9H,3-6H2,1-2H3/t8-,9-/m1/s1. The highest BCUT2D eigenvalue weighted by atomic mass is 32.2. The van der Waals surface area contributed by atoms with E-state index in [4.69, 9.17) is 0 Å². The van der Waals surface area contributed by atoms with Crippen LogP contribution in [-0.4, -0.2) is 58.0 Å². The van der Waals surface area contributed by atoms with Crippen molar-refractivity contribution in [3.8, 4) is 0 Å². The molecule has 0 aromatic carbocycles. The third-order valence-corrected chi connectivity index (χ3v) is 4.22. The van der Waals surface area contributed by atoms with E-state index in [0.717, 1.165) is 23.2 Å². The Balaban J connectivity index is 2.04. The maximum absolute atomic E-state index is 14.1. The van der Waals surface area contributed by atoms with E-state index in [1.807, 2.05) is 18.7 Å². The number of carbonyl (C=O) groups is 2. The summed E-state index contributed by atoms with van der Waals surface area (Å²) < 4.78 is 14.1. The van der Waals surface area contributed by atoms with E-state index < -0.39 is 12.2 Å². The normalized spacial score (nSPS) is 31.6. The number of rotatable bonds is 2. The van der Waals surface area contributed by atoms with E-state index in [1.165, 1.54) is 0 Å². The molecule has 4 nitrogen and oxygen atoms in total. The Hall–Kier alpha value is -0.620. The van der Waals surface area contributed by atoms with Crippen molar-refractivity contribution in [3.05, 3.63) is 0 Å². The molecule has 0 N–H and O–H groups in total. The van der Waals surface area contributed by atoms with Crippen LogP contribution >= 0.6 is 11.8 Å². The summed E-state index contributed by atoms with van der Waals surface area (Å²) in [7, 11) is 0. The average molecular weight is 260 g/mol. The van der Waals surface area contributed by atoms with Crippen LogP contribution in [0.5, 0.6) is 0 Å². The molecule has 0 aromatic heterocycles. The van der Waals surface area contributed by atoms with Crippen LogP contribution in [0.1, 0.15) is 20.3 Å². The van der Waals surface area contributed by atoms with Gasteiger partial charge >= 0.3 is 0 Å². The Morgan fingerprint density at radius 2 is 2.12 bits per heavy atom. The number of hydrogen-bond acceptors (Lipinski definition) is 4. The predicted octanol–water partition coefficient (Wildman–Crippen LogP) is 1.50. The Kier molecular flexibility index (Phi) is 3.73. The van der Waals surface area contributed by atoms with Crippen molar-refractivity contribution in [1.29, 1.82) is 0 Å². The zero-order valence-corrected chi connectivity index (χ0v) is 10.9. The lowest BCUT2D eigenvalue weighted by molar-refractivity contribution is -0.128.